The van der Waals surface area contributed by atoms with Crippen LogP contribution in [-0.4, -0.2) is 41.1 Å². The molecule has 2 N–H and O–H groups in total. The van der Waals surface area contributed by atoms with Gasteiger partial charge in [-0.2, -0.15) is 0 Å². The second-order valence-corrected chi connectivity index (χ2v) is 5.58. The SMILES string of the molecule is CCC[C@@H](c1c([N+](=O)[O-])ccc(Cl)c1O)N1CCNCC1.Cl.Cl. The molecule has 132 valence electrons. The summed E-state index contributed by atoms with van der Waals surface area (Å²) >= 11 is 5.97. The zero-order valence-electron chi connectivity index (χ0n) is 12.8. The topological polar surface area (TPSA) is 78.6 Å². The van der Waals surface area contributed by atoms with E-state index in [4.69, 9.17) is 11.6 Å². The van der Waals surface area contributed by atoms with E-state index in [-0.39, 0.29) is 47.3 Å². The number of nitrogens with zero attached hydrogens (tertiary/aromatic N) is 2. The largest absolute Gasteiger partial charge is 0.506 e. The average Bonchev–Trinajstić information content (AvgIpc) is 2.48. The molecule has 0 bridgehead atoms. The van der Waals surface area contributed by atoms with E-state index in [0.29, 0.717) is 5.56 Å². The Bertz CT molecular complexity index is 525. The van der Waals surface area contributed by atoms with Gasteiger partial charge >= 0.3 is 0 Å². The first-order chi connectivity index (χ1) is 10.1. The minimum Gasteiger partial charge on any atom is -0.506 e. The number of phenolic OH excluding ortho intramolecular Hbond substituents is 1. The van der Waals surface area contributed by atoms with E-state index < -0.39 is 4.92 Å². The van der Waals surface area contributed by atoms with Crippen molar-refractivity contribution in [2.75, 3.05) is 26.2 Å². The molecule has 0 saturated carbocycles. The maximum atomic E-state index is 11.3. The van der Waals surface area contributed by atoms with E-state index in [1.165, 1.54) is 12.1 Å². The summed E-state index contributed by atoms with van der Waals surface area (Å²) in [7, 11) is 0. The third-order valence-corrected chi connectivity index (χ3v) is 4.13. The lowest BCUT2D eigenvalue weighted by atomic mass is 9.97. The molecule has 1 aromatic rings. The molecule has 0 unspecified atom stereocenters. The van der Waals surface area contributed by atoms with Crippen LogP contribution < -0.4 is 5.32 Å². The number of piperazine rings is 1. The summed E-state index contributed by atoms with van der Waals surface area (Å²) in [6.45, 7) is 5.31. The summed E-state index contributed by atoms with van der Waals surface area (Å²) in [4.78, 5) is 13.0. The van der Waals surface area contributed by atoms with Crippen molar-refractivity contribution in [1.82, 2.24) is 10.2 Å². The first kappa shape index (κ1) is 22.2. The number of hydrogen-bond donors (Lipinski definition) is 2. The number of nitrogens with one attached hydrogen (secondary N) is 1. The molecule has 0 aliphatic carbocycles. The van der Waals surface area contributed by atoms with E-state index in [9.17, 15) is 15.2 Å². The zero-order chi connectivity index (χ0) is 15.4. The highest BCUT2D eigenvalue weighted by molar-refractivity contribution is 6.32. The Balaban J connectivity index is 0.00000242. The molecule has 1 fully saturated rings. The van der Waals surface area contributed by atoms with Crippen molar-refractivity contribution in [3.8, 4) is 5.75 Å². The molecular formula is C14H22Cl3N3O3. The Hall–Kier alpha value is -0.790. The summed E-state index contributed by atoms with van der Waals surface area (Å²) in [5, 5.41) is 25.0. The molecule has 1 aromatic carbocycles. The molecule has 23 heavy (non-hydrogen) atoms. The fourth-order valence-corrected chi connectivity index (χ4v) is 3.00. The van der Waals surface area contributed by atoms with Gasteiger partial charge in [-0.25, -0.2) is 0 Å². The van der Waals surface area contributed by atoms with Crippen LogP contribution >= 0.6 is 36.4 Å². The number of nitro groups is 1. The molecule has 0 radical (unpaired) electrons. The quantitative estimate of drug-likeness (QED) is 0.597. The first-order valence-corrected chi connectivity index (χ1v) is 7.54. The predicted molar refractivity (Wildman–Crippen MR) is 96.4 cm³/mol. The van der Waals surface area contributed by atoms with Crippen LogP contribution in [-0.2, 0) is 0 Å². The number of aromatic hydroxyl groups is 1. The highest BCUT2D eigenvalue weighted by Crippen LogP contribution is 2.42. The molecule has 9 heteroatoms. The third-order valence-electron chi connectivity index (χ3n) is 3.83. The highest BCUT2D eigenvalue weighted by Gasteiger charge is 2.31. The zero-order valence-corrected chi connectivity index (χ0v) is 15.2. The Labute approximate surface area is 153 Å². The molecule has 6 nitrogen and oxygen atoms in total. The molecule has 0 aromatic heterocycles. The third kappa shape index (κ3) is 5.09. The van der Waals surface area contributed by atoms with Gasteiger partial charge in [0.25, 0.3) is 5.69 Å². The van der Waals surface area contributed by atoms with Gasteiger partial charge in [0.05, 0.1) is 15.5 Å². The minimum absolute atomic E-state index is 0. The molecule has 1 aliphatic heterocycles. The van der Waals surface area contributed by atoms with E-state index in [1.54, 1.807) is 0 Å². The summed E-state index contributed by atoms with van der Waals surface area (Å²) < 4.78 is 0. The number of halogens is 3. The average molecular weight is 387 g/mol. The molecule has 1 aliphatic rings. The van der Waals surface area contributed by atoms with Gasteiger partial charge in [-0.05, 0) is 12.5 Å². The lowest BCUT2D eigenvalue weighted by Gasteiger charge is -2.35. The van der Waals surface area contributed by atoms with E-state index in [1.807, 2.05) is 6.92 Å². The molecule has 1 atom stereocenters. The van der Waals surface area contributed by atoms with E-state index in [2.05, 4.69) is 10.2 Å². The Morgan fingerprint density at radius 2 is 2.00 bits per heavy atom. The molecule has 0 spiro atoms. The van der Waals surface area contributed by atoms with Crippen LogP contribution in [0.3, 0.4) is 0 Å². The Morgan fingerprint density at radius 1 is 1.39 bits per heavy atom. The van der Waals surface area contributed by atoms with Crippen LogP contribution in [0.15, 0.2) is 12.1 Å². The van der Waals surface area contributed by atoms with Crippen molar-refractivity contribution < 1.29 is 10.0 Å². The Kier molecular flexibility index (Phi) is 9.80. The van der Waals surface area contributed by atoms with Crippen LogP contribution in [0.25, 0.3) is 0 Å². The van der Waals surface area contributed by atoms with Crippen LogP contribution in [0, 0.1) is 10.1 Å². The van der Waals surface area contributed by atoms with Crippen molar-refractivity contribution in [2.24, 2.45) is 0 Å². The molecule has 1 heterocycles. The first-order valence-electron chi connectivity index (χ1n) is 7.16. The van der Waals surface area contributed by atoms with Crippen molar-refractivity contribution in [3.63, 3.8) is 0 Å². The lowest BCUT2D eigenvalue weighted by Crippen LogP contribution is -2.45. The van der Waals surface area contributed by atoms with Crippen LogP contribution in [0.2, 0.25) is 5.02 Å². The number of rotatable bonds is 5. The fourth-order valence-electron chi connectivity index (χ4n) is 2.84. The van der Waals surface area contributed by atoms with Crippen molar-refractivity contribution in [1.29, 1.82) is 0 Å². The summed E-state index contributed by atoms with van der Waals surface area (Å²) in [5.74, 6) is -0.164. The van der Waals surface area contributed by atoms with Crippen LogP contribution in [0.4, 0.5) is 5.69 Å². The van der Waals surface area contributed by atoms with Gasteiger partial charge in [0, 0.05) is 38.3 Å². The maximum Gasteiger partial charge on any atom is 0.278 e. The lowest BCUT2D eigenvalue weighted by molar-refractivity contribution is -0.386. The van der Waals surface area contributed by atoms with Gasteiger partial charge in [-0.3, -0.25) is 15.0 Å². The molecule has 0 amide bonds. The Morgan fingerprint density at radius 3 is 2.52 bits per heavy atom. The van der Waals surface area contributed by atoms with Crippen molar-refractivity contribution >= 4 is 42.1 Å². The van der Waals surface area contributed by atoms with Gasteiger partial charge in [-0.15, -0.1) is 24.8 Å². The van der Waals surface area contributed by atoms with Gasteiger partial charge in [0.15, 0.2) is 0 Å². The number of phenols is 1. The van der Waals surface area contributed by atoms with Crippen LogP contribution in [0.1, 0.15) is 31.4 Å². The smallest absolute Gasteiger partial charge is 0.278 e. The second kappa shape index (κ2) is 10.2. The normalized spacial score (nSPS) is 16.1. The fraction of sp³-hybridized carbons (Fsp3) is 0.571. The molecule has 2 rings (SSSR count). The predicted octanol–water partition coefficient (Wildman–Crippen LogP) is 3.54. The second-order valence-electron chi connectivity index (χ2n) is 5.18. The summed E-state index contributed by atoms with van der Waals surface area (Å²) in [5.41, 5.74) is 0.283. The van der Waals surface area contributed by atoms with Crippen molar-refractivity contribution in [2.45, 2.75) is 25.8 Å². The van der Waals surface area contributed by atoms with Gasteiger partial charge in [0.1, 0.15) is 5.75 Å². The maximum absolute atomic E-state index is 11.3. The van der Waals surface area contributed by atoms with Gasteiger partial charge in [-0.1, -0.05) is 24.9 Å². The highest BCUT2D eigenvalue weighted by atomic mass is 35.5. The minimum atomic E-state index is -0.448. The molecular weight excluding hydrogens is 365 g/mol. The number of benzene rings is 1. The summed E-state index contributed by atoms with van der Waals surface area (Å²) in [6, 6.07) is 2.57. The standard InChI is InChI=1S/C14H20ClN3O3.2ClH/c1-2-3-11(17-8-6-16-7-9-17)13-12(18(20)21)5-4-10(15)14(13)19;;/h4-5,11,16,19H,2-3,6-9H2,1H3;2*1H/t11-;;/m0../s1. The summed E-state index contributed by atoms with van der Waals surface area (Å²) in [6.07, 6.45) is 1.62. The van der Waals surface area contributed by atoms with Crippen LogP contribution in [0.5, 0.6) is 5.75 Å². The van der Waals surface area contributed by atoms with E-state index >= 15 is 0 Å². The number of nitro benzene ring substituents is 1. The number of hydrogen-bond acceptors (Lipinski definition) is 5. The molecule has 1 saturated heterocycles. The van der Waals surface area contributed by atoms with Gasteiger partial charge in [0.2, 0.25) is 0 Å². The van der Waals surface area contributed by atoms with E-state index in [0.717, 1.165) is 39.0 Å². The van der Waals surface area contributed by atoms with Gasteiger partial charge < -0.3 is 10.4 Å². The monoisotopic (exact) mass is 385 g/mol. The van der Waals surface area contributed by atoms with Crippen molar-refractivity contribution in [3.05, 3.63) is 32.8 Å².